The van der Waals surface area contributed by atoms with E-state index in [2.05, 4.69) is 10.5 Å². The lowest BCUT2D eigenvalue weighted by Crippen LogP contribution is -2.29. The van der Waals surface area contributed by atoms with E-state index in [4.69, 9.17) is 0 Å². The number of hydrogen-bond acceptors (Lipinski definition) is 4. The first kappa shape index (κ1) is 21.3. The number of aryl methyl sites for hydroxylation is 1. The van der Waals surface area contributed by atoms with Crippen LogP contribution in [0, 0.1) is 6.92 Å². The summed E-state index contributed by atoms with van der Waals surface area (Å²) in [6, 6.07) is 23.5. The summed E-state index contributed by atoms with van der Waals surface area (Å²) < 4.78 is 25.9. The predicted octanol–water partition coefficient (Wildman–Crippen LogP) is 3.73. The van der Waals surface area contributed by atoms with Gasteiger partial charge in [-0.25, -0.2) is 13.8 Å². The fourth-order valence-electron chi connectivity index (χ4n) is 2.91. The zero-order valence-corrected chi connectivity index (χ0v) is 17.6. The Morgan fingerprint density at radius 2 is 1.70 bits per heavy atom. The molecule has 0 aliphatic rings. The lowest BCUT2D eigenvalue weighted by molar-refractivity contribution is 0.0955. The van der Waals surface area contributed by atoms with Crippen LogP contribution in [0.15, 0.2) is 84.0 Å². The molecule has 0 aromatic heterocycles. The molecule has 1 amide bonds. The van der Waals surface area contributed by atoms with Crippen molar-refractivity contribution in [3.63, 3.8) is 0 Å². The van der Waals surface area contributed by atoms with Crippen molar-refractivity contribution in [2.45, 2.75) is 13.5 Å². The van der Waals surface area contributed by atoms with E-state index in [0.29, 0.717) is 11.3 Å². The lowest BCUT2D eigenvalue weighted by Gasteiger charge is -2.22. The molecule has 0 aliphatic carbocycles. The largest absolute Gasteiger partial charge is 0.271 e. The molecule has 0 atom stereocenters. The molecule has 0 heterocycles. The van der Waals surface area contributed by atoms with Gasteiger partial charge in [0.1, 0.15) is 0 Å². The van der Waals surface area contributed by atoms with Gasteiger partial charge in [-0.1, -0.05) is 60.2 Å². The third-order valence-corrected chi connectivity index (χ3v) is 5.55. The standard InChI is InChI=1S/C23H23N3O3S/c1-18-7-6-10-20(15-18)16-24-25-23(27)21-11-13-22(14-12-21)26(30(2,28)29)17-19-8-4-3-5-9-19/h3-16H,17H2,1-2H3,(H,25,27)/b24-16-. The van der Waals surface area contributed by atoms with Crippen LogP contribution < -0.4 is 9.73 Å². The molecule has 0 bridgehead atoms. The summed E-state index contributed by atoms with van der Waals surface area (Å²) in [6.07, 6.45) is 2.74. The molecule has 3 aromatic carbocycles. The average Bonchev–Trinajstić information content (AvgIpc) is 2.72. The van der Waals surface area contributed by atoms with Crippen molar-refractivity contribution in [2.75, 3.05) is 10.6 Å². The van der Waals surface area contributed by atoms with Crippen LogP contribution in [-0.2, 0) is 16.6 Å². The van der Waals surface area contributed by atoms with Gasteiger partial charge < -0.3 is 0 Å². The van der Waals surface area contributed by atoms with Gasteiger partial charge in [0.05, 0.1) is 24.7 Å². The predicted molar refractivity (Wildman–Crippen MR) is 120 cm³/mol. The van der Waals surface area contributed by atoms with Crippen molar-refractivity contribution in [2.24, 2.45) is 5.10 Å². The molecule has 3 rings (SSSR count). The van der Waals surface area contributed by atoms with E-state index < -0.39 is 10.0 Å². The van der Waals surface area contributed by atoms with Crippen LogP contribution in [0.5, 0.6) is 0 Å². The Bertz CT molecular complexity index is 1140. The second-order valence-electron chi connectivity index (χ2n) is 6.92. The van der Waals surface area contributed by atoms with Crippen LogP contribution in [0.25, 0.3) is 0 Å². The van der Waals surface area contributed by atoms with E-state index in [0.717, 1.165) is 22.9 Å². The molecule has 0 unspecified atom stereocenters. The van der Waals surface area contributed by atoms with Crippen molar-refractivity contribution in [1.82, 2.24) is 5.43 Å². The molecule has 0 fully saturated rings. The van der Waals surface area contributed by atoms with Gasteiger partial charge in [-0.2, -0.15) is 5.10 Å². The van der Waals surface area contributed by atoms with Gasteiger partial charge in [0.15, 0.2) is 0 Å². The molecule has 0 radical (unpaired) electrons. The highest BCUT2D eigenvalue weighted by Crippen LogP contribution is 2.21. The first-order valence-electron chi connectivity index (χ1n) is 9.35. The van der Waals surface area contributed by atoms with E-state index in [1.165, 1.54) is 4.31 Å². The van der Waals surface area contributed by atoms with E-state index in [-0.39, 0.29) is 12.5 Å². The Morgan fingerprint density at radius 3 is 2.33 bits per heavy atom. The van der Waals surface area contributed by atoms with E-state index in [1.54, 1.807) is 30.5 Å². The summed E-state index contributed by atoms with van der Waals surface area (Å²) in [7, 11) is -3.49. The van der Waals surface area contributed by atoms with Gasteiger partial charge in [0, 0.05) is 5.56 Å². The number of rotatable bonds is 7. The Balaban J connectivity index is 1.71. The smallest absolute Gasteiger partial charge is 0.267 e. The second kappa shape index (κ2) is 9.37. The monoisotopic (exact) mass is 421 g/mol. The van der Waals surface area contributed by atoms with Crippen LogP contribution in [-0.4, -0.2) is 26.8 Å². The Kier molecular flexibility index (Phi) is 6.64. The van der Waals surface area contributed by atoms with Gasteiger partial charge in [0.25, 0.3) is 5.91 Å². The van der Waals surface area contributed by atoms with Crippen molar-refractivity contribution in [3.05, 3.63) is 101 Å². The highest BCUT2D eigenvalue weighted by atomic mass is 32.2. The van der Waals surface area contributed by atoms with Crippen molar-refractivity contribution >= 4 is 27.8 Å². The summed E-state index contributed by atoms with van der Waals surface area (Å²) in [5.74, 6) is -0.376. The van der Waals surface area contributed by atoms with Crippen LogP contribution in [0.1, 0.15) is 27.0 Å². The molecule has 30 heavy (non-hydrogen) atoms. The summed E-state index contributed by atoms with van der Waals surface area (Å²) in [5.41, 5.74) is 6.21. The zero-order chi connectivity index (χ0) is 21.6. The molecule has 7 heteroatoms. The number of hydrazone groups is 1. The third-order valence-electron chi connectivity index (χ3n) is 4.41. The number of amides is 1. The fraction of sp³-hybridized carbons (Fsp3) is 0.130. The minimum Gasteiger partial charge on any atom is -0.267 e. The topological polar surface area (TPSA) is 78.8 Å². The van der Waals surface area contributed by atoms with Crippen molar-refractivity contribution in [1.29, 1.82) is 0 Å². The van der Waals surface area contributed by atoms with Gasteiger partial charge in [-0.3, -0.25) is 9.10 Å². The van der Waals surface area contributed by atoms with Gasteiger partial charge in [0.2, 0.25) is 10.0 Å². The summed E-state index contributed by atoms with van der Waals surface area (Å²) in [6.45, 7) is 2.20. The van der Waals surface area contributed by atoms with E-state index in [9.17, 15) is 13.2 Å². The normalized spacial score (nSPS) is 11.4. The van der Waals surface area contributed by atoms with Crippen LogP contribution in [0.4, 0.5) is 5.69 Å². The maximum absolute atomic E-state index is 12.3. The molecule has 0 saturated heterocycles. The maximum atomic E-state index is 12.3. The molecule has 0 spiro atoms. The quantitative estimate of drug-likeness (QED) is 0.466. The minimum atomic E-state index is -3.49. The molecule has 154 valence electrons. The van der Waals surface area contributed by atoms with Crippen LogP contribution in [0.2, 0.25) is 0 Å². The zero-order valence-electron chi connectivity index (χ0n) is 16.8. The minimum absolute atomic E-state index is 0.214. The van der Waals surface area contributed by atoms with Crippen molar-refractivity contribution < 1.29 is 13.2 Å². The summed E-state index contributed by atoms with van der Waals surface area (Å²) in [5, 5.41) is 3.98. The van der Waals surface area contributed by atoms with Crippen LogP contribution in [0.3, 0.4) is 0 Å². The van der Waals surface area contributed by atoms with Crippen molar-refractivity contribution in [3.8, 4) is 0 Å². The third kappa shape index (κ3) is 5.78. The molecule has 3 aromatic rings. The number of carbonyl (C=O) groups excluding carboxylic acids is 1. The molecular formula is C23H23N3O3S. The second-order valence-corrected chi connectivity index (χ2v) is 8.82. The number of anilines is 1. The lowest BCUT2D eigenvalue weighted by atomic mass is 10.1. The van der Waals surface area contributed by atoms with E-state index >= 15 is 0 Å². The Morgan fingerprint density at radius 1 is 1.00 bits per heavy atom. The number of benzene rings is 3. The van der Waals surface area contributed by atoms with E-state index in [1.807, 2.05) is 61.5 Å². The number of carbonyl (C=O) groups is 1. The first-order valence-corrected chi connectivity index (χ1v) is 11.2. The van der Waals surface area contributed by atoms with Gasteiger partial charge in [-0.05, 0) is 42.3 Å². The number of hydrogen-bond donors (Lipinski definition) is 1. The Labute approximate surface area is 176 Å². The number of sulfonamides is 1. The highest BCUT2D eigenvalue weighted by molar-refractivity contribution is 7.92. The first-order chi connectivity index (χ1) is 14.3. The van der Waals surface area contributed by atoms with Crippen LogP contribution >= 0.6 is 0 Å². The number of nitrogens with zero attached hydrogens (tertiary/aromatic N) is 2. The molecular weight excluding hydrogens is 398 g/mol. The molecule has 0 aliphatic heterocycles. The maximum Gasteiger partial charge on any atom is 0.271 e. The summed E-state index contributed by atoms with van der Waals surface area (Å²) >= 11 is 0. The number of nitrogens with one attached hydrogen (secondary N) is 1. The molecule has 1 N–H and O–H groups in total. The summed E-state index contributed by atoms with van der Waals surface area (Å²) in [4.78, 5) is 12.3. The average molecular weight is 422 g/mol. The highest BCUT2D eigenvalue weighted by Gasteiger charge is 2.18. The van der Waals surface area contributed by atoms with Gasteiger partial charge >= 0.3 is 0 Å². The molecule has 0 saturated carbocycles. The fourth-order valence-corrected chi connectivity index (χ4v) is 3.80. The SMILES string of the molecule is Cc1cccc(/C=N\NC(=O)c2ccc(N(Cc3ccccc3)S(C)(=O)=O)cc2)c1. The molecule has 6 nitrogen and oxygen atoms in total. The van der Waals surface area contributed by atoms with Gasteiger partial charge in [-0.15, -0.1) is 0 Å². The Hall–Kier alpha value is -3.45.